The molecule has 6 aromatic carbocycles. The number of rotatable bonds is 6. The van der Waals surface area contributed by atoms with E-state index in [1.807, 2.05) is 73.2 Å². The zero-order valence-electron chi connectivity index (χ0n) is 42.5. The van der Waals surface area contributed by atoms with Crippen molar-refractivity contribution in [3.63, 3.8) is 0 Å². The molecule has 0 bridgehead atoms. The van der Waals surface area contributed by atoms with Gasteiger partial charge in [-0.05, 0) is 180 Å². The van der Waals surface area contributed by atoms with Gasteiger partial charge in [-0.15, -0.1) is 0 Å². The molecule has 0 aromatic heterocycles. The molecule has 74 heavy (non-hydrogen) atoms. The standard InChI is InChI=1S/C20H20O3.C17H14O3.C10H10O2.C9H10Br2O.C2H6S.BF3/c1-12-17-7-6-16(23-3)9-18(17)19(21)20(12)10-13-4-5-15(22-2)8-14(13)11-20;18-13-3-1-10-7-17(9-12(10)5-13)8-11-2-4-14(19)6-15(11)16(17)20;1-12-8-4-2-7-3-5-10(11)9(7)6-8;1-12-9-3-2-7(5-10)8(4-9)6-11;1-3-2;2-1(3)4/h4-9,12H,10-11H2,1-3H3;1-6,18-19H,7-9H2;2,4,6H,3,5H2,1H3;2-4H,5-6H2,1H3;1-2H3;. The Kier molecular flexibility index (Phi) is 20.0. The summed E-state index contributed by atoms with van der Waals surface area (Å²) in [6.45, 7) is 2.18. The molecular weight excluding hydrogens is 1100 g/mol. The van der Waals surface area contributed by atoms with Gasteiger partial charge in [-0.25, -0.2) is 0 Å². The zero-order valence-corrected chi connectivity index (χ0v) is 46.4. The molecule has 3 atom stereocenters. The first-order valence-corrected chi connectivity index (χ1v) is 27.7. The number of ether oxygens (including phenoxy) is 4. The number of carbonyl (C=O) groups is 3. The summed E-state index contributed by atoms with van der Waals surface area (Å²) in [5.41, 5.74) is 12.2. The lowest BCUT2D eigenvalue weighted by Gasteiger charge is -2.27. The molecule has 5 aliphatic carbocycles. The van der Waals surface area contributed by atoms with Crippen LogP contribution in [0.2, 0.25) is 0 Å². The fourth-order valence-electron chi connectivity index (χ4n) is 10.5. The number of benzene rings is 6. The van der Waals surface area contributed by atoms with Crippen LogP contribution in [0.15, 0.2) is 109 Å². The van der Waals surface area contributed by atoms with Gasteiger partial charge in [0.1, 0.15) is 34.5 Å². The van der Waals surface area contributed by atoms with Crippen LogP contribution in [0.25, 0.3) is 0 Å². The monoisotopic (exact) mass is 1160 g/mol. The second-order valence-electron chi connectivity index (χ2n) is 18.6. The maximum atomic E-state index is 13.2. The number of Topliss-reactive ketones (excluding diaryl/α,β-unsaturated/α-hetero) is 3. The van der Waals surface area contributed by atoms with Gasteiger partial charge in [0.15, 0.2) is 17.3 Å². The maximum Gasteiger partial charge on any atom is 0.762 e. The molecule has 0 saturated carbocycles. The highest BCUT2D eigenvalue weighted by Gasteiger charge is 2.54. The minimum absolute atomic E-state index is 0.124. The van der Waals surface area contributed by atoms with Crippen molar-refractivity contribution in [2.45, 2.75) is 68.4 Å². The molecule has 0 fully saturated rings. The molecular formula is C58H60BBr2F3O9S. The van der Waals surface area contributed by atoms with E-state index in [0.717, 1.165) is 105 Å². The number of aromatic hydroxyl groups is 2. The molecule has 0 radical (unpaired) electrons. The number of hydrogen-bond acceptors (Lipinski definition) is 10. The molecule has 0 aliphatic heterocycles. The van der Waals surface area contributed by atoms with Crippen molar-refractivity contribution in [2.24, 2.45) is 10.8 Å². The maximum absolute atomic E-state index is 13.2. The number of halogens is 5. The first-order chi connectivity index (χ1) is 35.4. The van der Waals surface area contributed by atoms with Crippen molar-refractivity contribution in [2.75, 3.05) is 41.0 Å². The van der Waals surface area contributed by atoms with Gasteiger partial charge >= 0.3 is 7.54 Å². The first kappa shape index (κ1) is 57.6. The van der Waals surface area contributed by atoms with Gasteiger partial charge in [-0.2, -0.15) is 11.8 Å². The molecule has 390 valence electrons. The van der Waals surface area contributed by atoms with E-state index in [0.29, 0.717) is 18.4 Å². The van der Waals surface area contributed by atoms with Crippen LogP contribution in [-0.2, 0) is 49.2 Å². The summed E-state index contributed by atoms with van der Waals surface area (Å²) < 4.78 is 49.8. The minimum Gasteiger partial charge on any atom is -0.508 e. The smallest absolute Gasteiger partial charge is 0.508 e. The average molecular weight is 1160 g/mol. The second-order valence-corrected chi connectivity index (χ2v) is 20.5. The Morgan fingerprint density at radius 1 is 0.541 bits per heavy atom. The summed E-state index contributed by atoms with van der Waals surface area (Å²) in [5, 5.41) is 20.9. The van der Waals surface area contributed by atoms with E-state index in [2.05, 4.69) is 63.0 Å². The topological polar surface area (TPSA) is 129 Å². The molecule has 3 unspecified atom stereocenters. The highest BCUT2D eigenvalue weighted by molar-refractivity contribution is 9.09. The Bertz CT molecular complexity index is 2990. The molecule has 0 heterocycles. The van der Waals surface area contributed by atoms with Gasteiger partial charge in [-0.1, -0.05) is 75.2 Å². The number of aryl methyl sites for hydroxylation is 1. The van der Waals surface area contributed by atoms with Crippen LogP contribution in [0.3, 0.4) is 0 Å². The average Bonchev–Trinajstić information content (AvgIpc) is 4.19. The summed E-state index contributed by atoms with van der Waals surface area (Å²) >= 11 is 8.62. The van der Waals surface area contributed by atoms with Crippen molar-refractivity contribution in [3.8, 4) is 34.5 Å². The number of alkyl halides is 2. The third-order valence-corrected chi connectivity index (χ3v) is 15.4. The molecule has 2 N–H and O–H groups in total. The summed E-state index contributed by atoms with van der Waals surface area (Å²) in [6.07, 6.45) is 9.33. The fourth-order valence-corrected chi connectivity index (χ4v) is 11.6. The van der Waals surface area contributed by atoms with Crippen LogP contribution in [0.4, 0.5) is 12.9 Å². The molecule has 16 heteroatoms. The predicted octanol–water partition coefficient (Wildman–Crippen LogP) is 13.6. The number of carbonyl (C=O) groups excluding carboxylic acids is 3. The second kappa shape index (κ2) is 25.7. The van der Waals surface area contributed by atoms with E-state index >= 15 is 0 Å². The zero-order chi connectivity index (χ0) is 53.9. The van der Waals surface area contributed by atoms with E-state index in [-0.39, 0.29) is 40.2 Å². The quantitative estimate of drug-likeness (QED) is 0.123. The van der Waals surface area contributed by atoms with Crippen molar-refractivity contribution in [1.82, 2.24) is 0 Å². The van der Waals surface area contributed by atoms with Gasteiger partial charge < -0.3 is 29.2 Å². The third-order valence-electron chi connectivity index (χ3n) is 14.2. The molecule has 11 rings (SSSR count). The predicted molar refractivity (Wildman–Crippen MR) is 295 cm³/mol. The number of thioether (sulfide) groups is 1. The summed E-state index contributed by atoms with van der Waals surface area (Å²) in [6, 6.07) is 34.3. The summed E-state index contributed by atoms with van der Waals surface area (Å²) in [7, 11) is 2.94. The van der Waals surface area contributed by atoms with Crippen LogP contribution in [0.1, 0.15) is 100 Å². The van der Waals surface area contributed by atoms with Crippen molar-refractivity contribution >= 4 is 68.5 Å². The van der Waals surface area contributed by atoms with Crippen molar-refractivity contribution in [3.05, 3.63) is 176 Å². The minimum atomic E-state index is -3.67. The molecule has 6 aromatic rings. The van der Waals surface area contributed by atoms with E-state index in [9.17, 15) is 37.5 Å². The van der Waals surface area contributed by atoms with Crippen LogP contribution in [0, 0.1) is 10.8 Å². The lowest BCUT2D eigenvalue weighted by molar-refractivity contribution is 0.0801. The van der Waals surface area contributed by atoms with Crippen molar-refractivity contribution in [1.29, 1.82) is 0 Å². The lowest BCUT2D eigenvalue weighted by Crippen LogP contribution is -2.31. The lowest BCUT2D eigenvalue weighted by atomic mass is 9.74. The van der Waals surface area contributed by atoms with E-state index in [1.165, 1.54) is 22.3 Å². The number of methoxy groups -OCH3 is 4. The number of ketones is 3. The van der Waals surface area contributed by atoms with Crippen LogP contribution >= 0.6 is 43.6 Å². The van der Waals surface area contributed by atoms with E-state index in [1.54, 1.807) is 64.5 Å². The van der Waals surface area contributed by atoms with Gasteiger partial charge in [0.25, 0.3) is 0 Å². The SMILES string of the molecule is COc1ccc(CBr)c(CBr)c1.COc1ccc2c(c1)C(=O)CC2.COc1ccc2c(c1)CC1(C2)C(=O)c2cc(OC)ccc2C1C.CSC.FB(F)F.O=C1c2cc(O)ccc2CC12Cc1ccc(O)cc1C2. The highest BCUT2D eigenvalue weighted by Crippen LogP contribution is 2.55. The van der Waals surface area contributed by atoms with Crippen molar-refractivity contribution < 1.29 is 56.5 Å². The van der Waals surface area contributed by atoms with Crippen LogP contribution < -0.4 is 18.9 Å². The molecule has 9 nitrogen and oxygen atoms in total. The largest absolute Gasteiger partial charge is 0.762 e. The Morgan fingerprint density at radius 3 is 1.62 bits per heavy atom. The highest BCUT2D eigenvalue weighted by atomic mass is 79.9. The van der Waals surface area contributed by atoms with E-state index in [4.69, 9.17) is 18.9 Å². The van der Waals surface area contributed by atoms with E-state index < -0.39 is 13.0 Å². The fraction of sp³-hybridized carbons (Fsp3) is 0.328. The number of hydrogen-bond donors (Lipinski definition) is 2. The Labute approximate surface area is 453 Å². The summed E-state index contributed by atoms with van der Waals surface area (Å²) in [4.78, 5) is 37.3. The molecule has 0 saturated heterocycles. The molecule has 2 spiro atoms. The number of phenolic OH excluding ortho intramolecular Hbond substituents is 2. The van der Waals surface area contributed by atoms with Gasteiger partial charge in [-0.3, -0.25) is 27.3 Å². The number of phenols is 2. The van der Waals surface area contributed by atoms with Gasteiger partial charge in [0, 0.05) is 44.6 Å². The summed E-state index contributed by atoms with van der Waals surface area (Å²) in [5.74, 6) is 4.52. The molecule has 0 amide bonds. The number of fused-ring (bicyclic) bond motifs is 5. The van der Waals surface area contributed by atoms with Crippen LogP contribution in [0.5, 0.6) is 34.5 Å². The third kappa shape index (κ3) is 12.9. The van der Waals surface area contributed by atoms with Gasteiger partial charge in [0.2, 0.25) is 0 Å². The van der Waals surface area contributed by atoms with Crippen LogP contribution in [-0.4, -0.2) is 76.1 Å². The Balaban J connectivity index is 0.000000159. The first-order valence-electron chi connectivity index (χ1n) is 23.8. The normalized spacial score (nSPS) is 18.5. The Hall–Kier alpha value is -5.71. The Morgan fingerprint density at radius 2 is 1.00 bits per heavy atom. The van der Waals surface area contributed by atoms with Gasteiger partial charge in [0.05, 0.1) is 28.4 Å². The molecule has 5 aliphatic rings.